The van der Waals surface area contributed by atoms with Crippen LogP contribution in [0.5, 0.6) is 0 Å². The number of carboxylic acids is 1. The van der Waals surface area contributed by atoms with Crippen LogP contribution in [0.15, 0.2) is 12.3 Å². The van der Waals surface area contributed by atoms with E-state index in [9.17, 15) is 9.59 Å². The summed E-state index contributed by atoms with van der Waals surface area (Å²) >= 11 is 0. The summed E-state index contributed by atoms with van der Waals surface area (Å²) in [5, 5.41) is 11.4. The first kappa shape index (κ1) is 9.64. The smallest absolute Gasteiger partial charge is 0.337 e. The fraction of sp³-hybridized carbons (Fsp3) is 0.300. The van der Waals surface area contributed by atoms with E-state index in [0.717, 1.165) is 0 Å². The lowest BCUT2D eigenvalue weighted by atomic mass is 9.90. The van der Waals surface area contributed by atoms with Gasteiger partial charge in [-0.2, -0.15) is 0 Å². The Balaban J connectivity index is 2.56. The molecule has 0 atom stereocenters. The number of nitrogens with one attached hydrogen (secondary N) is 1. The Morgan fingerprint density at radius 1 is 1.53 bits per heavy atom. The molecule has 0 aromatic carbocycles. The lowest BCUT2D eigenvalue weighted by Crippen LogP contribution is -2.27. The average molecular weight is 206 g/mol. The number of hydrogen-bond donors (Lipinski definition) is 2. The van der Waals surface area contributed by atoms with Crippen LogP contribution < -0.4 is 5.32 Å². The van der Waals surface area contributed by atoms with E-state index in [1.807, 2.05) is 0 Å². The van der Waals surface area contributed by atoms with Crippen molar-refractivity contribution in [3.63, 3.8) is 0 Å². The van der Waals surface area contributed by atoms with Gasteiger partial charge in [-0.05, 0) is 19.9 Å². The SMILES string of the molecule is CC1(C)C(=O)Nc2cc(C(=O)O)cnc21. The number of pyridine rings is 1. The predicted molar refractivity (Wildman–Crippen MR) is 52.9 cm³/mol. The molecule has 0 saturated heterocycles. The molecule has 2 rings (SSSR count). The van der Waals surface area contributed by atoms with Crippen molar-refractivity contribution >= 4 is 17.6 Å². The highest BCUT2D eigenvalue weighted by Crippen LogP contribution is 2.35. The van der Waals surface area contributed by atoms with Crippen molar-refractivity contribution < 1.29 is 14.7 Å². The number of rotatable bonds is 1. The van der Waals surface area contributed by atoms with Gasteiger partial charge in [-0.3, -0.25) is 9.78 Å². The Labute approximate surface area is 86.1 Å². The van der Waals surface area contributed by atoms with E-state index >= 15 is 0 Å². The van der Waals surface area contributed by atoms with Gasteiger partial charge in [-0.1, -0.05) is 0 Å². The minimum Gasteiger partial charge on any atom is -0.478 e. The summed E-state index contributed by atoms with van der Waals surface area (Å²) in [7, 11) is 0. The maximum absolute atomic E-state index is 11.5. The number of carboxylic acid groups (broad SMARTS) is 1. The van der Waals surface area contributed by atoms with Crippen molar-refractivity contribution in [2.24, 2.45) is 0 Å². The Kier molecular flexibility index (Phi) is 1.79. The molecule has 0 saturated carbocycles. The predicted octanol–water partition coefficient (Wildman–Crippen LogP) is 1.01. The third-order valence-corrected chi connectivity index (χ3v) is 2.54. The van der Waals surface area contributed by atoms with Crippen molar-refractivity contribution in [1.82, 2.24) is 4.98 Å². The van der Waals surface area contributed by atoms with Gasteiger partial charge in [0.1, 0.15) is 0 Å². The number of carbonyl (C=O) groups is 2. The van der Waals surface area contributed by atoms with Crippen LogP contribution in [0.3, 0.4) is 0 Å². The van der Waals surface area contributed by atoms with Crippen LogP contribution in [-0.2, 0) is 10.2 Å². The molecule has 0 spiro atoms. The van der Waals surface area contributed by atoms with Crippen LogP contribution in [0.1, 0.15) is 29.9 Å². The van der Waals surface area contributed by atoms with E-state index in [4.69, 9.17) is 5.11 Å². The second kappa shape index (κ2) is 2.79. The first-order valence-corrected chi connectivity index (χ1v) is 4.48. The molecule has 15 heavy (non-hydrogen) atoms. The summed E-state index contributed by atoms with van der Waals surface area (Å²) in [6.07, 6.45) is 1.27. The first-order valence-electron chi connectivity index (χ1n) is 4.48. The highest BCUT2D eigenvalue weighted by Gasteiger charge is 2.40. The van der Waals surface area contributed by atoms with Gasteiger partial charge in [-0.25, -0.2) is 4.79 Å². The highest BCUT2D eigenvalue weighted by molar-refractivity contribution is 6.05. The lowest BCUT2D eigenvalue weighted by Gasteiger charge is -2.13. The van der Waals surface area contributed by atoms with Gasteiger partial charge >= 0.3 is 5.97 Å². The van der Waals surface area contributed by atoms with E-state index in [-0.39, 0.29) is 11.5 Å². The summed E-state index contributed by atoms with van der Waals surface area (Å²) in [5.74, 6) is -1.21. The Bertz CT molecular complexity index is 466. The molecule has 1 aliphatic rings. The number of fused-ring (bicyclic) bond motifs is 1. The number of anilines is 1. The minimum atomic E-state index is -1.05. The first-order chi connectivity index (χ1) is 6.93. The molecule has 1 aromatic rings. The molecule has 0 aliphatic carbocycles. The normalized spacial score (nSPS) is 17.1. The van der Waals surface area contributed by atoms with E-state index in [0.29, 0.717) is 11.4 Å². The molecule has 0 radical (unpaired) electrons. The van der Waals surface area contributed by atoms with Crippen LogP contribution in [0.25, 0.3) is 0 Å². The molecule has 5 nitrogen and oxygen atoms in total. The maximum Gasteiger partial charge on any atom is 0.337 e. The van der Waals surface area contributed by atoms with Gasteiger partial charge in [0.05, 0.1) is 22.4 Å². The second-order valence-corrected chi connectivity index (χ2v) is 4.00. The summed E-state index contributed by atoms with van der Waals surface area (Å²) in [4.78, 5) is 26.2. The van der Waals surface area contributed by atoms with Crippen LogP contribution in [-0.4, -0.2) is 22.0 Å². The van der Waals surface area contributed by atoms with E-state index in [1.165, 1.54) is 12.3 Å². The largest absolute Gasteiger partial charge is 0.478 e. The van der Waals surface area contributed by atoms with Gasteiger partial charge in [0.15, 0.2) is 0 Å². The van der Waals surface area contributed by atoms with Gasteiger partial charge in [0.25, 0.3) is 0 Å². The zero-order valence-electron chi connectivity index (χ0n) is 8.37. The highest BCUT2D eigenvalue weighted by atomic mass is 16.4. The van der Waals surface area contributed by atoms with E-state index < -0.39 is 11.4 Å². The lowest BCUT2D eigenvalue weighted by molar-refractivity contribution is -0.119. The maximum atomic E-state index is 11.5. The summed E-state index contributed by atoms with van der Waals surface area (Å²) in [6.45, 7) is 3.50. The fourth-order valence-corrected chi connectivity index (χ4v) is 1.56. The molecule has 78 valence electrons. The monoisotopic (exact) mass is 206 g/mol. The molecule has 2 N–H and O–H groups in total. The average Bonchev–Trinajstić information content (AvgIpc) is 2.38. The number of carbonyl (C=O) groups excluding carboxylic acids is 1. The van der Waals surface area contributed by atoms with Gasteiger partial charge in [0.2, 0.25) is 5.91 Å². The van der Waals surface area contributed by atoms with Gasteiger partial charge in [-0.15, -0.1) is 0 Å². The summed E-state index contributed by atoms with van der Waals surface area (Å²) in [5.41, 5.74) is 0.473. The molecule has 0 bridgehead atoms. The zero-order valence-corrected chi connectivity index (χ0v) is 8.37. The van der Waals surface area contributed by atoms with E-state index in [1.54, 1.807) is 13.8 Å². The Morgan fingerprint density at radius 2 is 2.20 bits per heavy atom. The fourth-order valence-electron chi connectivity index (χ4n) is 1.56. The number of hydrogen-bond acceptors (Lipinski definition) is 3. The molecule has 1 aliphatic heterocycles. The molecule has 0 fully saturated rings. The van der Waals surface area contributed by atoms with Crippen LogP contribution >= 0.6 is 0 Å². The van der Waals surface area contributed by atoms with Crippen molar-refractivity contribution in [2.45, 2.75) is 19.3 Å². The molecular formula is C10H10N2O3. The standard InChI is InChI=1S/C10H10N2O3/c1-10(2)7-6(12-9(10)15)3-5(4-11-7)8(13)14/h3-4H,1-2H3,(H,12,15)(H,13,14). The second-order valence-electron chi connectivity index (χ2n) is 4.00. The third-order valence-electron chi connectivity index (χ3n) is 2.54. The van der Waals surface area contributed by atoms with Crippen LogP contribution in [0.2, 0.25) is 0 Å². The molecule has 0 unspecified atom stereocenters. The Hall–Kier alpha value is -1.91. The number of aromatic carboxylic acids is 1. The quantitative estimate of drug-likeness (QED) is 0.718. The van der Waals surface area contributed by atoms with Gasteiger partial charge < -0.3 is 10.4 Å². The van der Waals surface area contributed by atoms with Crippen molar-refractivity contribution in [3.05, 3.63) is 23.5 Å². The van der Waals surface area contributed by atoms with E-state index in [2.05, 4.69) is 10.3 Å². The zero-order chi connectivity index (χ0) is 11.2. The van der Waals surface area contributed by atoms with Crippen molar-refractivity contribution in [3.8, 4) is 0 Å². The van der Waals surface area contributed by atoms with Crippen LogP contribution in [0.4, 0.5) is 5.69 Å². The van der Waals surface area contributed by atoms with Gasteiger partial charge in [0, 0.05) is 6.20 Å². The molecule has 5 heteroatoms. The minimum absolute atomic E-state index is 0.0757. The van der Waals surface area contributed by atoms with Crippen molar-refractivity contribution in [2.75, 3.05) is 5.32 Å². The number of aromatic nitrogens is 1. The van der Waals surface area contributed by atoms with Crippen molar-refractivity contribution in [1.29, 1.82) is 0 Å². The molecule has 1 aromatic heterocycles. The topological polar surface area (TPSA) is 79.3 Å². The summed E-state index contributed by atoms with van der Waals surface area (Å²) < 4.78 is 0. The molecule has 2 heterocycles. The molecular weight excluding hydrogens is 196 g/mol. The number of amides is 1. The number of nitrogens with zero attached hydrogens (tertiary/aromatic N) is 1. The Morgan fingerprint density at radius 3 is 2.80 bits per heavy atom. The summed E-state index contributed by atoms with van der Waals surface area (Å²) in [6, 6.07) is 1.43. The third kappa shape index (κ3) is 1.27. The van der Waals surface area contributed by atoms with Crippen LogP contribution in [0, 0.1) is 0 Å². The molecule has 1 amide bonds.